The van der Waals surface area contributed by atoms with Crippen molar-refractivity contribution in [2.75, 3.05) is 0 Å². The summed E-state index contributed by atoms with van der Waals surface area (Å²) in [6.45, 7) is 4.19. The number of nitrogens with one attached hydrogen (secondary N) is 1. The van der Waals surface area contributed by atoms with Crippen molar-refractivity contribution in [2.24, 2.45) is 5.73 Å². The molecular weight excluding hydrogens is 224 g/mol. The number of fused-ring (bicyclic) bond motifs is 4. The summed E-state index contributed by atoms with van der Waals surface area (Å²) in [7, 11) is 0. The molecule has 0 radical (unpaired) electrons. The smallest absolute Gasteiger partial charge is 0.248 e. The Hall–Kier alpha value is -1.61. The monoisotopic (exact) mass is 242 g/mol. The van der Waals surface area contributed by atoms with Gasteiger partial charge in [0.2, 0.25) is 5.56 Å². The average Bonchev–Trinajstić information content (AvgIpc) is 2.26. The van der Waals surface area contributed by atoms with Crippen LogP contribution in [0.3, 0.4) is 0 Å². The van der Waals surface area contributed by atoms with E-state index in [-0.39, 0.29) is 5.56 Å². The molecule has 0 spiro atoms. The molecule has 0 amide bonds. The van der Waals surface area contributed by atoms with Crippen LogP contribution in [0.2, 0.25) is 0 Å². The highest BCUT2D eigenvalue weighted by Gasteiger charge is 2.42. The molecule has 2 aliphatic carbocycles. The lowest BCUT2D eigenvalue weighted by atomic mass is 9.64. The second-order valence-corrected chi connectivity index (χ2v) is 5.47. The molecule has 94 valence electrons. The van der Waals surface area contributed by atoms with E-state index in [1.807, 2.05) is 6.07 Å². The van der Waals surface area contributed by atoms with Crippen LogP contribution in [0.15, 0.2) is 40.2 Å². The number of pyridine rings is 1. The zero-order valence-corrected chi connectivity index (χ0v) is 10.8. The van der Waals surface area contributed by atoms with Crippen molar-refractivity contribution >= 4 is 0 Å². The molecule has 2 unspecified atom stereocenters. The molecule has 3 nitrogen and oxygen atoms in total. The number of allylic oxidation sites excluding steroid dienone is 2. The molecule has 1 aromatic heterocycles. The Kier molecular flexibility index (Phi) is 2.35. The van der Waals surface area contributed by atoms with E-state index in [1.165, 1.54) is 16.7 Å². The predicted octanol–water partition coefficient (Wildman–Crippen LogP) is 2.01. The van der Waals surface area contributed by atoms with Crippen LogP contribution in [0, 0.1) is 0 Å². The number of rotatable bonds is 0. The largest absolute Gasteiger partial charge is 0.326 e. The highest BCUT2D eigenvalue weighted by atomic mass is 16.1. The zero-order valence-electron chi connectivity index (χ0n) is 10.8. The SMILES string of the molecule is C/C=C1\C2CC(C)=CC1(N)Cc1[nH]c(=O)ccc12. The molecule has 0 aliphatic heterocycles. The Bertz CT molecular complexity index is 624. The predicted molar refractivity (Wildman–Crippen MR) is 72.6 cm³/mol. The van der Waals surface area contributed by atoms with Gasteiger partial charge in [0.25, 0.3) is 0 Å². The molecule has 0 fully saturated rings. The summed E-state index contributed by atoms with van der Waals surface area (Å²) in [4.78, 5) is 14.4. The fraction of sp³-hybridized carbons (Fsp3) is 0.400. The van der Waals surface area contributed by atoms with Crippen LogP contribution in [0.4, 0.5) is 0 Å². The number of hydrogen-bond acceptors (Lipinski definition) is 2. The molecular formula is C15H18N2O. The third-order valence-electron chi connectivity index (χ3n) is 4.14. The minimum atomic E-state index is -0.418. The Morgan fingerprint density at radius 2 is 2.28 bits per heavy atom. The molecule has 2 atom stereocenters. The second-order valence-electron chi connectivity index (χ2n) is 5.47. The first-order valence-corrected chi connectivity index (χ1v) is 6.39. The van der Waals surface area contributed by atoms with Crippen LogP contribution in [-0.2, 0) is 6.42 Å². The molecule has 0 saturated carbocycles. The van der Waals surface area contributed by atoms with Crippen molar-refractivity contribution < 1.29 is 0 Å². The third-order valence-corrected chi connectivity index (χ3v) is 4.14. The van der Waals surface area contributed by atoms with Gasteiger partial charge in [-0.2, -0.15) is 0 Å². The van der Waals surface area contributed by atoms with Crippen molar-refractivity contribution in [1.29, 1.82) is 0 Å². The second kappa shape index (κ2) is 3.69. The maximum absolute atomic E-state index is 11.5. The summed E-state index contributed by atoms with van der Waals surface area (Å²) in [6, 6.07) is 3.57. The summed E-state index contributed by atoms with van der Waals surface area (Å²) in [5.74, 6) is 0.325. The molecule has 0 saturated heterocycles. The van der Waals surface area contributed by atoms with Gasteiger partial charge in [0.05, 0.1) is 5.54 Å². The van der Waals surface area contributed by atoms with E-state index >= 15 is 0 Å². The maximum Gasteiger partial charge on any atom is 0.248 e. The first-order chi connectivity index (χ1) is 8.53. The average molecular weight is 242 g/mol. The van der Waals surface area contributed by atoms with Crippen LogP contribution >= 0.6 is 0 Å². The summed E-state index contributed by atoms with van der Waals surface area (Å²) >= 11 is 0. The third kappa shape index (κ3) is 1.51. The molecule has 2 bridgehead atoms. The minimum Gasteiger partial charge on any atom is -0.326 e. The summed E-state index contributed by atoms with van der Waals surface area (Å²) in [6.07, 6.45) is 5.98. The quantitative estimate of drug-likeness (QED) is 0.684. The van der Waals surface area contributed by atoms with Gasteiger partial charge in [0.1, 0.15) is 0 Å². The fourth-order valence-electron chi connectivity index (χ4n) is 3.53. The standard InChI is InChI=1S/C15H18N2O/c1-3-12-11-6-9(2)7-15(12,16)8-13-10(11)4-5-14(18)17-13/h3-5,7,11H,6,8,16H2,1-2H3,(H,17,18)/b12-3+. The Balaban J connectivity index is 2.26. The number of aromatic nitrogens is 1. The lowest BCUT2D eigenvalue weighted by Gasteiger charge is -2.44. The van der Waals surface area contributed by atoms with Crippen LogP contribution < -0.4 is 11.3 Å². The van der Waals surface area contributed by atoms with Gasteiger partial charge in [-0.15, -0.1) is 0 Å². The molecule has 3 rings (SSSR count). The van der Waals surface area contributed by atoms with Crippen LogP contribution in [-0.4, -0.2) is 10.5 Å². The highest BCUT2D eigenvalue weighted by molar-refractivity contribution is 5.50. The van der Waals surface area contributed by atoms with Crippen LogP contribution in [0.5, 0.6) is 0 Å². The first-order valence-electron chi connectivity index (χ1n) is 6.39. The van der Waals surface area contributed by atoms with Crippen LogP contribution in [0.25, 0.3) is 0 Å². The van der Waals surface area contributed by atoms with E-state index in [9.17, 15) is 4.79 Å². The topological polar surface area (TPSA) is 58.9 Å². The van der Waals surface area contributed by atoms with Gasteiger partial charge in [-0.05, 0) is 31.4 Å². The van der Waals surface area contributed by atoms with Gasteiger partial charge in [-0.1, -0.05) is 23.8 Å². The fourth-order valence-corrected chi connectivity index (χ4v) is 3.53. The normalized spacial score (nSPS) is 32.1. The van der Waals surface area contributed by atoms with Gasteiger partial charge in [-0.3, -0.25) is 4.79 Å². The minimum absolute atomic E-state index is 0.0416. The van der Waals surface area contributed by atoms with Crippen LogP contribution in [0.1, 0.15) is 37.4 Å². The summed E-state index contributed by atoms with van der Waals surface area (Å²) in [5, 5.41) is 0. The van der Waals surface area contributed by atoms with Crippen molar-refractivity contribution in [3.8, 4) is 0 Å². The van der Waals surface area contributed by atoms with Crippen molar-refractivity contribution in [1.82, 2.24) is 4.98 Å². The lowest BCUT2D eigenvalue weighted by molar-refractivity contribution is 0.481. The van der Waals surface area contributed by atoms with E-state index in [2.05, 4.69) is 31.0 Å². The Morgan fingerprint density at radius 1 is 1.50 bits per heavy atom. The molecule has 3 heteroatoms. The van der Waals surface area contributed by atoms with E-state index in [1.54, 1.807) is 6.07 Å². The Labute approximate surface area is 106 Å². The van der Waals surface area contributed by atoms with E-state index in [0.29, 0.717) is 12.3 Å². The van der Waals surface area contributed by atoms with Gasteiger partial charge < -0.3 is 10.7 Å². The molecule has 3 N–H and O–H groups in total. The van der Waals surface area contributed by atoms with E-state index in [4.69, 9.17) is 5.73 Å². The van der Waals surface area contributed by atoms with E-state index < -0.39 is 5.54 Å². The molecule has 18 heavy (non-hydrogen) atoms. The van der Waals surface area contributed by atoms with Crippen molar-refractivity contribution in [2.45, 2.75) is 38.1 Å². The Morgan fingerprint density at radius 3 is 3.00 bits per heavy atom. The maximum atomic E-state index is 11.5. The van der Waals surface area contributed by atoms with Gasteiger partial charge in [0, 0.05) is 24.1 Å². The molecule has 1 heterocycles. The number of H-pyrrole nitrogens is 1. The van der Waals surface area contributed by atoms with Gasteiger partial charge in [0.15, 0.2) is 0 Å². The number of hydrogen-bond donors (Lipinski definition) is 2. The van der Waals surface area contributed by atoms with E-state index in [0.717, 1.165) is 12.1 Å². The van der Waals surface area contributed by atoms with Gasteiger partial charge in [-0.25, -0.2) is 0 Å². The van der Waals surface area contributed by atoms with Crippen molar-refractivity contribution in [3.63, 3.8) is 0 Å². The molecule has 1 aromatic rings. The first kappa shape index (κ1) is 11.5. The summed E-state index contributed by atoms with van der Waals surface area (Å²) in [5.41, 5.74) is 10.9. The number of aromatic amines is 1. The summed E-state index contributed by atoms with van der Waals surface area (Å²) < 4.78 is 0. The highest BCUT2D eigenvalue weighted by Crippen LogP contribution is 2.47. The number of nitrogens with two attached hydrogens (primary N) is 1. The molecule has 2 aliphatic rings. The lowest BCUT2D eigenvalue weighted by Crippen LogP contribution is -2.49. The van der Waals surface area contributed by atoms with Crippen molar-refractivity contribution in [3.05, 3.63) is 57.0 Å². The van der Waals surface area contributed by atoms with Gasteiger partial charge >= 0.3 is 0 Å². The zero-order chi connectivity index (χ0) is 12.9. The molecule has 0 aromatic carbocycles.